The lowest BCUT2D eigenvalue weighted by molar-refractivity contribution is -0.0771. The van der Waals surface area contributed by atoms with E-state index >= 15 is 0 Å². The molecule has 202 valence electrons. The molecule has 2 aromatic rings. The van der Waals surface area contributed by atoms with Gasteiger partial charge in [0.2, 0.25) is 12.9 Å². The molecule has 9 nitrogen and oxygen atoms in total. The molecule has 2 saturated carbocycles. The fourth-order valence-electron chi connectivity index (χ4n) is 5.94. The largest absolute Gasteiger partial charge is 0.341 e. The molecule has 37 heavy (non-hydrogen) atoms. The maximum absolute atomic E-state index is 12.9. The highest BCUT2D eigenvalue weighted by Gasteiger charge is 2.55. The van der Waals surface area contributed by atoms with Gasteiger partial charge in [0, 0.05) is 68.9 Å². The minimum atomic E-state index is -1.75. The fourth-order valence-corrected chi connectivity index (χ4v) is 5.94. The number of amides is 2. The lowest BCUT2D eigenvalue weighted by Gasteiger charge is -2.60. The number of alkyl halides is 3. The summed E-state index contributed by atoms with van der Waals surface area (Å²) in [6, 6.07) is 0.658. The van der Waals surface area contributed by atoms with Gasteiger partial charge in [-0.15, -0.1) is 0 Å². The molecule has 2 aliphatic carbocycles. The van der Waals surface area contributed by atoms with Gasteiger partial charge < -0.3 is 14.7 Å². The Morgan fingerprint density at radius 2 is 1.59 bits per heavy atom. The Kier molecular flexibility index (Phi) is 7.52. The second-order valence-corrected chi connectivity index (χ2v) is 10.8. The predicted octanol–water partition coefficient (Wildman–Crippen LogP) is 3.87. The van der Waals surface area contributed by atoms with Crippen LogP contribution < -0.4 is 4.90 Å². The second-order valence-electron chi connectivity index (χ2n) is 10.8. The van der Waals surface area contributed by atoms with Crippen LogP contribution in [0.3, 0.4) is 0 Å². The number of carbonyl (C=O) groups excluding carboxylic acids is 1. The standard InChI is InChI=1S/C23H30N8O.CH2F2.CH3F/c32-22(29-11-18(12-29)17-9-24-21(25-10-17)28-5-1-2-6-28)30-13-23(14-30)7-19(8-23)31-15-26-20(27-31)16-3-4-16;2-1-3;1-2/h9-10,15-16,18-19H,1-8,11-14H2;1H2;1H3. The summed E-state index contributed by atoms with van der Waals surface area (Å²) in [5.41, 5.74) is 1.47. The van der Waals surface area contributed by atoms with Gasteiger partial charge in [-0.3, -0.25) is 4.39 Å². The molecule has 3 saturated heterocycles. The van der Waals surface area contributed by atoms with Gasteiger partial charge in [-0.25, -0.2) is 33.2 Å². The summed E-state index contributed by atoms with van der Waals surface area (Å²) in [5.74, 6) is 2.84. The average Bonchev–Trinajstić information content (AvgIpc) is 3.32. The Balaban J connectivity index is 0.000000525. The maximum atomic E-state index is 12.9. The van der Waals surface area contributed by atoms with Crippen LogP contribution in [0.15, 0.2) is 18.7 Å². The number of rotatable bonds is 4. The summed E-state index contributed by atoms with van der Waals surface area (Å²) in [4.78, 5) is 32.7. The van der Waals surface area contributed by atoms with Crippen LogP contribution in [0.5, 0.6) is 0 Å². The van der Waals surface area contributed by atoms with E-state index < -0.39 is 6.93 Å². The van der Waals surface area contributed by atoms with Crippen LogP contribution in [-0.2, 0) is 0 Å². The molecule has 5 fully saturated rings. The van der Waals surface area contributed by atoms with Crippen LogP contribution in [0.25, 0.3) is 0 Å². The first-order valence-corrected chi connectivity index (χ1v) is 13.1. The van der Waals surface area contributed by atoms with Crippen molar-refractivity contribution in [2.75, 3.05) is 58.3 Å². The zero-order chi connectivity index (χ0) is 26.0. The van der Waals surface area contributed by atoms with Gasteiger partial charge in [0.05, 0.1) is 13.2 Å². The molecule has 7 rings (SSSR count). The van der Waals surface area contributed by atoms with Gasteiger partial charge in [-0.05, 0) is 44.1 Å². The van der Waals surface area contributed by atoms with Gasteiger partial charge in [0.1, 0.15) is 6.33 Å². The van der Waals surface area contributed by atoms with Gasteiger partial charge in [0.25, 0.3) is 0 Å². The number of likely N-dealkylation sites (tertiary alicyclic amines) is 2. The summed E-state index contributed by atoms with van der Waals surface area (Å²) < 4.78 is 30.8. The van der Waals surface area contributed by atoms with E-state index in [9.17, 15) is 18.0 Å². The molecule has 2 amide bonds. The SMILES string of the molecule is CF.FCF.O=C(N1CC(c2cnc(N3CCCC3)nc2)C1)N1CC2(CC(n3cnc(C4CC4)n3)C2)C1. The van der Waals surface area contributed by atoms with Crippen molar-refractivity contribution in [2.24, 2.45) is 5.41 Å². The van der Waals surface area contributed by atoms with E-state index in [4.69, 9.17) is 5.10 Å². The zero-order valence-corrected chi connectivity index (χ0v) is 21.3. The molecular formula is C25H35F3N8O. The van der Waals surface area contributed by atoms with Crippen LogP contribution in [0.1, 0.15) is 67.8 Å². The van der Waals surface area contributed by atoms with Crippen molar-refractivity contribution in [3.05, 3.63) is 30.1 Å². The highest BCUT2D eigenvalue weighted by molar-refractivity contribution is 5.77. The lowest BCUT2D eigenvalue weighted by Crippen LogP contribution is -2.67. The van der Waals surface area contributed by atoms with Crippen LogP contribution in [0.2, 0.25) is 0 Å². The molecule has 5 heterocycles. The number of nitrogens with zero attached hydrogens (tertiary/aromatic N) is 8. The molecule has 5 aliphatic rings. The normalized spacial score (nSPS) is 22.3. The first-order valence-electron chi connectivity index (χ1n) is 13.1. The molecule has 0 radical (unpaired) electrons. The van der Waals surface area contributed by atoms with E-state index in [1.54, 1.807) is 0 Å². The monoisotopic (exact) mass is 520 g/mol. The fraction of sp³-hybridized carbons (Fsp3) is 0.720. The van der Waals surface area contributed by atoms with Crippen LogP contribution in [0.4, 0.5) is 23.9 Å². The topological polar surface area (TPSA) is 83.3 Å². The molecule has 12 heteroatoms. The van der Waals surface area contributed by atoms with E-state index in [-0.39, 0.29) is 6.03 Å². The van der Waals surface area contributed by atoms with Gasteiger partial charge in [0.15, 0.2) is 5.82 Å². The van der Waals surface area contributed by atoms with Crippen molar-refractivity contribution in [3.63, 3.8) is 0 Å². The van der Waals surface area contributed by atoms with Crippen LogP contribution in [-0.4, -0.2) is 93.9 Å². The Hall–Kier alpha value is -2.92. The Morgan fingerprint density at radius 1 is 0.973 bits per heavy atom. The Morgan fingerprint density at radius 3 is 2.19 bits per heavy atom. The van der Waals surface area contributed by atoms with E-state index in [2.05, 4.69) is 24.5 Å². The number of carbonyl (C=O) groups is 1. The summed E-state index contributed by atoms with van der Waals surface area (Å²) in [6.45, 7) is 3.70. The van der Waals surface area contributed by atoms with Crippen molar-refractivity contribution in [3.8, 4) is 0 Å². The quantitative estimate of drug-likeness (QED) is 0.609. The Labute approximate surface area is 215 Å². The minimum Gasteiger partial charge on any atom is -0.341 e. The van der Waals surface area contributed by atoms with Crippen molar-refractivity contribution < 1.29 is 18.0 Å². The summed E-state index contributed by atoms with van der Waals surface area (Å²) >= 11 is 0. The van der Waals surface area contributed by atoms with Crippen molar-refractivity contribution in [1.29, 1.82) is 0 Å². The highest BCUT2D eigenvalue weighted by Crippen LogP contribution is 2.54. The van der Waals surface area contributed by atoms with Gasteiger partial charge >= 0.3 is 6.03 Å². The van der Waals surface area contributed by atoms with Gasteiger partial charge in [-0.2, -0.15) is 5.10 Å². The highest BCUT2D eigenvalue weighted by atomic mass is 19.3. The predicted molar refractivity (Wildman–Crippen MR) is 132 cm³/mol. The summed E-state index contributed by atoms with van der Waals surface area (Å²) in [5, 5.41) is 4.69. The van der Waals surface area contributed by atoms with E-state index in [0.717, 1.165) is 69.4 Å². The molecule has 0 bridgehead atoms. The minimum absolute atomic E-state index is 0.196. The third-order valence-corrected chi connectivity index (χ3v) is 8.17. The molecule has 3 aliphatic heterocycles. The van der Waals surface area contributed by atoms with E-state index in [1.165, 1.54) is 25.7 Å². The smallest absolute Gasteiger partial charge is 0.320 e. The van der Waals surface area contributed by atoms with Crippen LogP contribution in [0, 0.1) is 5.41 Å². The maximum Gasteiger partial charge on any atom is 0.320 e. The average molecular weight is 521 g/mol. The van der Waals surface area contributed by atoms with Crippen LogP contribution >= 0.6 is 0 Å². The number of aromatic nitrogens is 5. The number of urea groups is 1. The summed E-state index contributed by atoms with van der Waals surface area (Å²) in [7, 11) is 0.500. The number of anilines is 1. The number of hydrogen-bond donors (Lipinski definition) is 0. The third-order valence-electron chi connectivity index (χ3n) is 8.17. The van der Waals surface area contributed by atoms with Crippen molar-refractivity contribution in [1.82, 2.24) is 34.5 Å². The van der Waals surface area contributed by atoms with E-state index in [1.807, 2.05) is 28.5 Å². The number of halogens is 3. The summed E-state index contributed by atoms with van der Waals surface area (Å²) in [6.07, 6.45) is 13.0. The molecule has 0 aromatic carbocycles. The zero-order valence-electron chi connectivity index (χ0n) is 21.3. The molecule has 0 N–H and O–H groups in total. The first-order chi connectivity index (χ1) is 18.1. The molecule has 1 spiro atoms. The molecular weight excluding hydrogens is 485 g/mol. The second kappa shape index (κ2) is 10.8. The Bertz CT molecular complexity index is 1040. The molecule has 0 unspecified atom stereocenters. The van der Waals surface area contributed by atoms with Crippen molar-refractivity contribution >= 4 is 12.0 Å². The molecule has 2 aromatic heterocycles. The lowest BCUT2D eigenvalue weighted by atomic mass is 9.61. The third kappa shape index (κ3) is 5.24. The number of hydrogen-bond acceptors (Lipinski definition) is 6. The van der Waals surface area contributed by atoms with Gasteiger partial charge in [-0.1, -0.05) is 0 Å². The van der Waals surface area contributed by atoms with Crippen molar-refractivity contribution in [2.45, 2.75) is 56.4 Å². The first kappa shape index (κ1) is 25.7. The van der Waals surface area contributed by atoms with E-state index in [0.29, 0.717) is 30.5 Å². The molecule has 0 atom stereocenters.